The van der Waals surface area contributed by atoms with Gasteiger partial charge in [-0.1, -0.05) is 109 Å². The highest BCUT2D eigenvalue weighted by Gasteiger charge is 2.15. The van der Waals surface area contributed by atoms with Crippen molar-refractivity contribution in [3.63, 3.8) is 0 Å². The third-order valence-corrected chi connectivity index (χ3v) is 6.78. The van der Waals surface area contributed by atoms with E-state index in [1.807, 2.05) is 109 Å². The first kappa shape index (κ1) is 22.8. The Morgan fingerprint density at radius 2 is 0.974 bits per heavy atom. The van der Waals surface area contributed by atoms with Gasteiger partial charge in [-0.25, -0.2) is 19.7 Å². The van der Waals surface area contributed by atoms with Gasteiger partial charge in [-0.05, 0) is 29.3 Å². The van der Waals surface area contributed by atoms with E-state index >= 15 is 0 Å². The van der Waals surface area contributed by atoms with E-state index in [0.29, 0.717) is 28.4 Å². The minimum absolute atomic E-state index is 0.337. The summed E-state index contributed by atoms with van der Waals surface area (Å²) < 4.78 is 5.69. The third-order valence-electron chi connectivity index (χ3n) is 6.78. The number of fused-ring (bicyclic) bond motifs is 3. The zero-order valence-electron chi connectivity index (χ0n) is 20.8. The molecular formula is C34H21N3O2. The maximum absolute atomic E-state index is 12.6. The summed E-state index contributed by atoms with van der Waals surface area (Å²) in [5, 5.41) is 2.32. The van der Waals surface area contributed by atoms with Crippen molar-refractivity contribution in [1.29, 1.82) is 0 Å². The summed E-state index contributed by atoms with van der Waals surface area (Å²) in [6, 6.07) is 41.3. The fraction of sp³-hybridized carbons (Fsp3) is 0. The van der Waals surface area contributed by atoms with E-state index in [1.165, 1.54) is 0 Å². The van der Waals surface area contributed by atoms with E-state index in [-0.39, 0.29) is 5.63 Å². The first-order valence-electron chi connectivity index (χ1n) is 12.7. The molecule has 0 amide bonds. The molecule has 0 saturated heterocycles. The lowest BCUT2D eigenvalue weighted by Gasteiger charge is -2.11. The maximum Gasteiger partial charge on any atom is 0.344 e. The van der Waals surface area contributed by atoms with Crippen LogP contribution in [-0.4, -0.2) is 15.0 Å². The molecule has 2 aromatic heterocycles. The van der Waals surface area contributed by atoms with Gasteiger partial charge in [0.05, 0.1) is 5.39 Å². The summed E-state index contributed by atoms with van der Waals surface area (Å²) in [5.74, 6) is 1.81. The van der Waals surface area contributed by atoms with Crippen molar-refractivity contribution in [1.82, 2.24) is 15.0 Å². The molecule has 0 aliphatic heterocycles. The molecule has 0 unspecified atom stereocenters. The molecule has 0 spiro atoms. The monoisotopic (exact) mass is 503 g/mol. The normalized spacial score (nSPS) is 11.2. The summed E-state index contributed by atoms with van der Waals surface area (Å²) in [6.07, 6.45) is 0. The first-order chi connectivity index (χ1) is 19.2. The predicted molar refractivity (Wildman–Crippen MR) is 155 cm³/mol. The van der Waals surface area contributed by atoms with Crippen LogP contribution in [0.5, 0.6) is 0 Å². The van der Waals surface area contributed by atoms with Crippen LogP contribution in [0.2, 0.25) is 0 Å². The Kier molecular flexibility index (Phi) is 5.52. The van der Waals surface area contributed by atoms with Gasteiger partial charge in [0.15, 0.2) is 17.5 Å². The molecule has 0 bridgehead atoms. The highest BCUT2D eigenvalue weighted by Crippen LogP contribution is 2.35. The highest BCUT2D eigenvalue weighted by atomic mass is 16.4. The van der Waals surface area contributed by atoms with Gasteiger partial charge >= 0.3 is 5.63 Å². The smallest absolute Gasteiger partial charge is 0.344 e. The van der Waals surface area contributed by atoms with Gasteiger partial charge in [0, 0.05) is 27.5 Å². The van der Waals surface area contributed by atoms with Gasteiger partial charge in [-0.2, -0.15) is 0 Å². The zero-order chi connectivity index (χ0) is 26.2. The van der Waals surface area contributed by atoms with Gasteiger partial charge in [-0.15, -0.1) is 0 Å². The van der Waals surface area contributed by atoms with E-state index < -0.39 is 0 Å². The molecule has 7 aromatic rings. The Bertz CT molecular complexity index is 1980. The number of benzene rings is 5. The fourth-order valence-corrected chi connectivity index (χ4v) is 4.93. The summed E-state index contributed by atoms with van der Waals surface area (Å²) >= 11 is 0. The van der Waals surface area contributed by atoms with E-state index in [2.05, 4.69) is 12.1 Å². The van der Waals surface area contributed by atoms with E-state index in [0.717, 1.165) is 38.6 Å². The van der Waals surface area contributed by atoms with E-state index in [4.69, 9.17) is 19.4 Å². The molecule has 0 aliphatic carbocycles. The van der Waals surface area contributed by atoms with E-state index in [9.17, 15) is 4.79 Å². The Balaban J connectivity index is 1.43. The maximum atomic E-state index is 12.6. The molecule has 5 heteroatoms. The SMILES string of the molecule is O=c1oc2cccc(-c3cccc(-c4nc(-c5ccccc5)nc(-c5ccccc5)n4)c3)c2c2ccccc12. The van der Waals surface area contributed by atoms with Crippen LogP contribution in [0.1, 0.15) is 0 Å². The highest BCUT2D eigenvalue weighted by molar-refractivity contribution is 6.11. The van der Waals surface area contributed by atoms with Crippen molar-refractivity contribution < 1.29 is 4.42 Å². The van der Waals surface area contributed by atoms with Crippen molar-refractivity contribution >= 4 is 21.7 Å². The molecular weight excluding hydrogens is 482 g/mol. The third kappa shape index (κ3) is 4.16. The molecule has 0 radical (unpaired) electrons. The van der Waals surface area contributed by atoms with Crippen molar-refractivity contribution in [2.75, 3.05) is 0 Å². The first-order valence-corrected chi connectivity index (χ1v) is 12.7. The molecule has 5 aromatic carbocycles. The largest absolute Gasteiger partial charge is 0.422 e. The van der Waals surface area contributed by atoms with E-state index in [1.54, 1.807) is 6.07 Å². The molecule has 39 heavy (non-hydrogen) atoms. The van der Waals surface area contributed by atoms with Crippen LogP contribution in [0.25, 0.3) is 67.0 Å². The van der Waals surface area contributed by atoms with Gasteiger partial charge < -0.3 is 4.42 Å². The Morgan fingerprint density at radius 1 is 0.462 bits per heavy atom. The lowest BCUT2D eigenvalue weighted by Crippen LogP contribution is -2.01. The fourth-order valence-electron chi connectivity index (χ4n) is 4.93. The average Bonchev–Trinajstić information content (AvgIpc) is 3.01. The number of hydrogen-bond donors (Lipinski definition) is 0. The lowest BCUT2D eigenvalue weighted by atomic mass is 9.96. The van der Waals surface area contributed by atoms with Crippen LogP contribution >= 0.6 is 0 Å². The quantitative estimate of drug-likeness (QED) is 0.181. The summed E-state index contributed by atoms with van der Waals surface area (Å²) in [6.45, 7) is 0. The molecule has 2 heterocycles. The Hall–Kier alpha value is -5.42. The summed E-state index contributed by atoms with van der Waals surface area (Å²) in [7, 11) is 0. The second-order valence-corrected chi connectivity index (χ2v) is 9.23. The predicted octanol–water partition coefficient (Wildman–Crippen LogP) is 7.80. The zero-order valence-corrected chi connectivity index (χ0v) is 20.8. The second-order valence-electron chi connectivity index (χ2n) is 9.23. The van der Waals surface area contributed by atoms with Gasteiger partial charge in [0.2, 0.25) is 0 Å². The van der Waals surface area contributed by atoms with Gasteiger partial charge in [-0.3, -0.25) is 0 Å². The van der Waals surface area contributed by atoms with Gasteiger partial charge in [0.25, 0.3) is 0 Å². The van der Waals surface area contributed by atoms with Gasteiger partial charge in [0.1, 0.15) is 5.58 Å². The number of hydrogen-bond acceptors (Lipinski definition) is 5. The van der Waals surface area contributed by atoms with Crippen molar-refractivity contribution in [2.45, 2.75) is 0 Å². The topological polar surface area (TPSA) is 68.9 Å². The summed E-state index contributed by atoms with van der Waals surface area (Å²) in [4.78, 5) is 27.1. The van der Waals surface area contributed by atoms with Crippen molar-refractivity contribution in [2.24, 2.45) is 0 Å². The van der Waals surface area contributed by atoms with Crippen LogP contribution < -0.4 is 5.63 Å². The summed E-state index contributed by atoms with van der Waals surface area (Å²) in [5.41, 5.74) is 4.86. The molecule has 0 saturated carbocycles. The minimum atomic E-state index is -0.337. The molecule has 5 nitrogen and oxygen atoms in total. The number of rotatable bonds is 4. The second kappa shape index (κ2) is 9.47. The molecule has 0 fully saturated rings. The Morgan fingerprint density at radius 3 is 1.64 bits per heavy atom. The van der Waals surface area contributed by atoms with Crippen LogP contribution in [0.15, 0.2) is 137 Å². The average molecular weight is 504 g/mol. The standard InChI is InChI=1S/C34H21N3O2/c38-34-28-18-8-7-17-27(28)30-26(19-10-20-29(30)39-34)24-15-9-16-25(21-24)33-36-31(22-11-3-1-4-12-22)35-32(37-33)23-13-5-2-6-14-23/h1-21H. The molecule has 0 aliphatic rings. The van der Waals surface area contributed by atoms with Crippen molar-refractivity contribution in [3.8, 4) is 45.3 Å². The molecule has 7 rings (SSSR count). The van der Waals surface area contributed by atoms with Crippen LogP contribution in [0, 0.1) is 0 Å². The molecule has 0 N–H and O–H groups in total. The van der Waals surface area contributed by atoms with Crippen LogP contribution in [-0.2, 0) is 0 Å². The minimum Gasteiger partial charge on any atom is -0.422 e. The molecule has 184 valence electrons. The Labute approximate surface area is 224 Å². The number of nitrogens with zero attached hydrogens (tertiary/aromatic N) is 3. The lowest BCUT2D eigenvalue weighted by molar-refractivity contribution is 0.570. The van der Waals surface area contributed by atoms with Crippen LogP contribution in [0.4, 0.5) is 0 Å². The molecule has 0 atom stereocenters. The van der Waals surface area contributed by atoms with Crippen molar-refractivity contribution in [3.05, 3.63) is 138 Å². The number of aromatic nitrogens is 3. The van der Waals surface area contributed by atoms with Crippen LogP contribution in [0.3, 0.4) is 0 Å².